The normalized spacial score (nSPS) is 6.35. The molecule has 12 nitrogen and oxygen atoms in total. The molecule has 17 heteroatoms. The third-order valence-corrected chi connectivity index (χ3v) is 0. The molecule has 17 heavy (non-hydrogen) atoms. The maximum Gasteiger partial charge on any atom is 2.00 e. The summed E-state index contributed by atoms with van der Waals surface area (Å²) >= 11 is 0. The molecule has 0 saturated heterocycles. The predicted octanol–water partition coefficient (Wildman–Crippen LogP) is -16.2. The molecule has 0 aliphatic carbocycles. The molecule has 0 atom stereocenters. The van der Waals surface area contributed by atoms with Gasteiger partial charge in [-0.15, -0.1) is 0 Å². The first-order valence-electron chi connectivity index (χ1n) is 2.83. The van der Waals surface area contributed by atoms with E-state index in [4.69, 9.17) is 60.3 Å². The number of hydrogen-bond acceptors (Lipinski definition) is 12. The molecule has 0 amide bonds. The Labute approximate surface area is 113 Å². The van der Waals surface area contributed by atoms with Gasteiger partial charge < -0.3 is 60.3 Å². The molecular formula is B4MgO12-10. The van der Waals surface area contributed by atoms with E-state index in [2.05, 4.69) is 0 Å². The van der Waals surface area contributed by atoms with Crippen molar-refractivity contribution in [1.82, 2.24) is 0 Å². The van der Waals surface area contributed by atoms with Gasteiger partial charge in [0.05, 0.1) is 0 Å². The standard InChI is InChI=1S/4BO3.Mg/c4*2-1(3)4;/q4*-3;+2. The van der Waals surface area contributed by atoms with Gasteiger partial charge in [0, 0.05) is 0 Å². The van der Waals surface area contributed by atoms with Crippen molar-refractivity contribution >= 4 is 52.3 Å². The molecule has 0 spiro atoms. The Bertz CT molecular complexity index is 61.5. The second-order valence-corrected chi connectivity index (χ2v) is 1.15. The van der Waals surface area contributed by atoms with Crippen molar-refractivity contribution in [3.63, 3.8) is 0 Å². The fourth-order valence-electron chi connectivity index (χ4n) is 0. The summed E-state index contributed by atoms with van der Waals surface area (Å²) in [7, 11) is -11.7. The monoisotopic (exact) mass is 260 g/mol. The Kier molecular flexibility index (Phi) is 45.6. The summed E-state index contributed by atoms with van der Waals surface area (Å²) in [6, 6.07) is 0. The molecular weight excluding hydrogens is 260 g/mol. The van der Waals surface area contributed by atoms with Gasteiger partial charge in [0.2, 0.25) is 0 Å². The maximum atomic E-state index is 8.42. The summed E-state index contributed by atoms with van der Waals surface area (Å²) in [6.07, 6.45) is 0. The second-order valence-electron chi connectivity index (χ2n) is 1.15. The van der Waals surface area contributed by atoms with E-state index in [9.17, 15) is 0 Å². The van der Waals surface area contributed by atoms with Gasteiger partial charge in [-0.25, -0.2) is 0 Å². The van der Waals surface area contributed by atoms with E-state index in [0.717, 1.165) is 0 Å². The van der Waals surface area contributed by atoms with Gasteiger partial charge >= 0.3 is 23.1 Å². The molecule has 0 saturated carbocycles. The minimum Gasteiger partial charge on any atom is -0.907 e. The molecule has 0 radical (unpaired) electrons. The molecule has 96 valence electrons. The summed E-state index contributed by atoms with van der Waals surface area (Å²) < 4.78 is 0. The van der Waals surface area contributed by atoms with Gasteiger partial charge in [-0.3, -0.25) is 29.3 Å². The summed E-state index contributed by atoms with van der Waals surface area (Å²) in [5, 5.41) is 101. The van der Waals surface area contributed by atoms with E-state index in [0.29, 0.717) is 0 Å². The molecule has 0 unspecified atom stereocenters. The van der Waals surface area contributed by atoms with Crippen LogP contribution < -0.4 is 60.3 Å². The number of rotatable bonds is 0. The quantitative estimate of drug-likeness (QED) is 0.366. The van der Waals surface area contributed by atoms with Crippen LogP contribution in [0.2, 0.25) is 0 Å². The average molecular weight is 260 g/mol. The van der Waals surface area contributed by atoms with E-state index < -0.39 is 29.3 Å². The predicted molar refractivity (Wildman–Crippen MR) is 28.8 cm³/mol. The first kappa shape index (κ1) is 30.5. The maximum absolute atomic E-state index is 8.42. The van der Waals surface area contributed by atoms with E-state index in [1.807, 2.05) is 0 Å². The van der Waals surface area contributed by atoms with E-state index >= 15 is 0 Å². The summed E-state index contributed by atoms with van der Waals surface area (Å²) in [5.41, 5.74) is 0. The Morgan fingerprint density at radius 3 is 0.294 bits per heavy atom. The van der Waals surface area contributed by atoms with Gasteiger partial charge in [-0.05, 0) is 0 Å². The van der Waals surface area contributed by atoms with Crippen LogP contribution in [0.15, 0.2) is 0 Å². The summed E-state index contributed by atoms with van der Waals surface area (Å²) in [5.74, 6) is 0. The van der Waals surface area contributed by atoms with E-state index in [1.54, 1.807) is 0 Å². The van der Waals surface area contributed by atoms with Crippen LogP contribution in [0.5, 0.6) is 0 Å². The minimum absolute atomic E-state index is 0. The molecule has 0 fully saturated rings. The van der Waals surface area contributed by atoms with Crippen molar-refractivity contribution in [1.29, 1.82) is 0 Å². The van der Waals surface area contributed by atoms with Crippen molar-refractivity contribution in [3.05, 3.63) is 0 Å². The van der Waals surface area contributed by atoms with Crippen molar-refractivity contribution in [2.75, 3.05) is 0 Å². The van der Waals surface area contributed by atoms with Crippen LogP contribution in [0.25, 0.3) is 0 Å². The molecule has 0 aliphatic rings. The topological polar surface area (TPSA) is 277 Å². The largest absolute Gasteiger partial charge is 2.00 e. The summed E-state index contributed by atoms with van der Waals surface area (Å²) in [6.45, 7) is 0. The molecule has 0 N–H and O–H groups in total. The van der Waals surface area contributed by atoms with Crippen LogP contribution in [0.1, 0.15) is 0 Å². The Balaban J connectivity index is -0.0000000369. The van der Waals surface area contributed by atoms with Gasteiger partial charge in [-0.2, -0.15) is 0 Å². The smallest absolute Gasteiger partial charge is 0.907 e. The van der Waals surface area contributed by atoms with E-state index in [1.165, 1.54) is 0 Å². The molecule has 0 heterocycles. The van der Waals surface area contributed by atoms with E-state index in [-0.39, 0.29) is 23.1 Å². The van der Waals surface area contributed by atoms with Gasteiger partial charge in [0.1, 0.15) is 0 Å². The molecule has 0 bridgehead atoms. The number of hydrogen-bond donors (Lipinski definition) is 0. The summed E-state index contributed by atoms with van der Waals surface area (Å²) in [4.78, 5) is 0. The van der Waals surface area contributed by atoms with Crippen molar-refractivity contribution < 1.29 is 60.3 Å². The third kappa shape index (κ3) is 11700. The third-order valence-electron chi connectivity index (χ3n) is 0. The first-order valence-corrected chi connectivity index (χ1v) is 2.83. The second kappa shape index (κ2) is 25.4. The Morgan fingerprint density at radius 1 is 0.294 bits per heavy atom. The fourth-order valence-corrected chi connectivity index (χ4v) is 0. The Morgan fingerprint density at radius 2 is 0.294 bits per heavy atom. The van der Waals surface area contributed by atoms with Crippen molar-refractivity contribution in [2.45, 2.75) is 0 Å². The fraction of sp³-hybridized carbons (Fsp3) is 0. The SMILES string of the molecule is [Mg+2].[O-]B([O-])[O-].[O-]B([O-])[O-].[O-]B([O-])[O-].[O-]B([O-])[O-]. The Hall–Kier alpha value is 0.546. The molecule has 0 aliphatic heterocycles. The molecule has 0 aromatic carbocycles. The minimum atomic E-state index is -2.92. The average Bonchev–Trinajstić information content (AvgIpc) is 1.76. The van der Waals surface area contributed by atoms with Gasteiger partial charge in [0.25, 0.3) is 0 Å². The van der Waals surface area contributed by atoms with Crippen molar-refractivity contribution in [2.24, 2.45) is 0 Å². The van der Waals surface area contributed by atoms with Gasteiger partial charge in [0.15, 0.2) is 0 Å². The zero-order chi connectivity index (χ0) is 14.3. The molecule has 0 aromatic heterocycles. The molecule has 0 aromatic rings. The van der Waals surface area contributed by atoms with Crippen LogP contribution in [-0.2, 0) is 0 Å². The van der Waals surface area contributed by atoms with Gasteiger partial charge in [-0.1, -0.05) is 0 Å². The van der Waals surface area contributed by atoms with Crippen molar-refractivity contribution in [3.8, 4) is 0 Å². The molecule has 0 rings (SSSR count). The van der Waals surface area contributed by atoms with Crippen LogP contribution in [0.3, 0.4) is 0 Å². The van der Waals surface area contributed by atoms with Crippen LogP contribution in [-0.4, -0.2) is 52.3 Å². The van der Waals surface area contributed by atoms with Crippen LogP contribution in [0, 0.1) is 0 Å². The van der Waals surface area contributed by atoms with Crippen LogP contribution >= 0.6 is 0 Å². The zero-order valence-corrected chi connectivity index (χ0v) is 9.33. The van der Waals surface area contributed by atoms with Crippen LogP contribution in [0.4, 0.5) is 0 Å². The first-order chi connectivity index (χ1) is 6.93. The zero-order valence-electron chi connectivity index (χ0n) is 7.92.